The molecule has 0 fully saturated rings. The van der Waals surface area contributed by atoms with Crippen LogP contribution in [0.4, 0.5) is 4.32 Å². The minimum absolute atomic E-state index is 0. The summed E-state index contributed by atoms with van der Waals surface area (Å²) in [6.45, 7) is 6.06. The Labute approximate surface area is 211 Å². The first-order valence-electron chi connectivity index (χ1n) is 3.60. The van der Waals surface area contributed by atoms with Gasteiger partial charge in [0.05, 0.1) is 0 Å². The first-order chi connectivity index (χ1) is 7.39. The van der Waals surface area contributed by atoms with E-state index in [0.717, 1.165) is 5.97 Å². The van der Waals surface area contributed by atoms with Crippen LogP contribution in [-0.2, 0) is 0 Å². The predicted octanol–water partition coefficient (Wildman–Crippen LogP) is 4.22. The number of hydrogen-bond acceptors (Lipinski definition) is 6. The van der Waals surface area contributed by atoms with E-state index >= 15 is 0 Å². The average molecular weight is 425 g/mol. The van der Waals surface area contributed by atoms with Crippen molar-refractivity contribution in [1.29, 1.82) is 21.0 Å². The van der Waals surface area contributed by atoms with Gasteiger partial charge in [-0.2, -0.15) is 16.5 Å². The van der Waals surface area contributed by atoms with Crippen molar-refractivity contribution in [3.8, 4) is 23.8 Å². The fourth-order valence-corrected chi connectivity index (χ4v) is 0. The molecular weight excluding hydrogens is 377 g/mol. The predicted molar refractivity (Wildman–Crippen MR) is 118 cm³/mol. The van der Waals surface area contributed by atoms with Crippen LogP contribution in [0.25, 0.3) is 0 Å². The second-order valence-corrected chi connectivity index (χ2v) is 7.55. The van der Waals surface area contributed by atoms with E-state index in [9.17, 15) is 4.32 Å². The van der Waals surface area contributed by atoms with Crippen LogP contribution in [0.5, 0.6) is 0 Å². The van der Waals surface area contributed by atoms with Crippen LogP contribution in [0.1, 0.15) is 66.8 Å². The molecule has 0 aromatic carbocycles. The smallest absolute Gasteiger partial charge is 0.579 e. The molecule has 0 unspecified atom stereocenters. The molecule has 0 bridgehead atoms. The van der Waals surface area contributed by atoms with Crippen molar-refractivity contribution in [2.24, 2.45) is 0 Å². The Morgan fingerprint density at radius 1 is 0.692 bits per heavy atom. The van der Waals surface area contributed by atoms with Crippen molar-refractivity contribution >= 4 is 15.6 Å². The maximum absolute atomic E-state index is 10.2. The van der Waals surface area contributed by atoms with Gasteiger partial charge in [-0.3, -0.25) is 15.8 Å². The zero-order chi connectivity index (χ0) is 14.0. The third kappa shape index (κ3) is 548. The van der Waals surface area contributed by atoms with Gasteiger partial charge in [-0.25, -0.2) is 5.26 Å². The van der Waals surface area contributed by atoms with E-state index < -0.39 is 8.07 Å². The molecule has 0 spiro atoms. The van der Waals surface area contributed by atoms with E-state index in [1.54, 1.807) is 0 Å². The summed E-state index contributed by atoms with van der Waals surface area (Å²) in [5.41, 5.74) is 2.24. The molecule has 0 aromatic heterocycles. The van der Waals surface area contributed by atoms with E-state index in [1.165, 1.54) is 12.1 Å². The van der Waals surface area contributed by atoms with E-state index in [1.807, 2.05) is 19.6 Å². The van der Waals surface area contributed by atoms with Crippen LogP contribution in [0.2, 0.25) is 19.6 Å². The van der Waals surface area contributed by atoms with Gasteiger partial charge >= 0.3 is 51.4 Å². The fraction of sp³-hybridized carbons (Fsp3) is 0.750. The first kappa shape index (κ1) is 114. The minimum Gasteiger partial charge on any atom is -0.579 e. The Morgan fingerprint density at radius 3 is 0.808 bits per heavy atom. The van der Waals surface area contributed by atoms with Gasteiger partial charge < -0.3 is 4.32 Å². The summed E-state index contributed by atoms with van der Waals surface area (Å²) in [6, 6.07) is 2.47. The molecule has 0 saturated heterocycles. The van der Waals surface area contributed by atoms with Crippen molar-refractivity contribution < 1.29 is 66.2 Å². The standard InChI is InChI=1S/C4H9NSi.C2N2.CBFN.9CH4.K.H2O2/c1-6(2,3)4-5;3-1-2-4;3-2-1-4;;;;;;;;;;;1-2/h1-3H3;;;9*1H4;;1-2H/q;;-1;;;;;;;;;;+1;. The van der Waals surface area contributed by atoms with Gasteiger partial charge in [-0.15, -0.1) is 0 Å². The number of halogens is 1. The van der Waals surface area contributed by atoms with E-state index in [2.05, 4.69) is 5.69 Å². The van der Waals surface area contributed by atoms with Gasteiger partial charge in [0.15, 0.2) is 20.2 Å². The van der Waals surface area contributed by atoms with Crippen LogP contribution in [0.15, 0.2) is 0 Å². The zero-order valence-corrected chi connectivity index (χ0v) is 14.3. The van der Waals surface area contributed by atoms with Crippen LogP contribution in [0, 0.1) is 44.8 Å². The van der Waals surface area contributed by atoms with Crippen molar-refractivity contribution in [3.05, 3.63) is 0 Å². The second-order valence-electron chi connectivity index (χ2n) is 2.82. The van der Waals surface area contributed by atoms with Crippen LogP contribution in [-0.4, -0.2) is 26.1 Å². The Hall–Kier alpha value is -0.272. The quantitative estimate of drug-likeness (QED) is 0.339. The van der Waals surface area contributed by atoms with Gasteiger partial charge in [-0.05, 0) is 0 Å². The summed E-state index contributed by atoms with van der Waals surface area (Å²) in [6.07, 6.45) is 0. The van der Waals surface area contributed by atoms with E-state index in [4.69, 9.17) is 31.6 Å². The maximum Gasteiger partial charge on any atom is 1.00 e. The molecule has 0 aromatic rings. The van der Waals surface area contributed by atoms with Gasteiger partial charge in [0.25, 0.3) is 0 Å². The van der Waals surface area contributed by atoms with E-state index in [0.29, 0.717) is 0 Å². The van der Waals surface area contributed by atoms with Crippen molar-refractivity contribution in [3.63, 3.8) is 0 Å². The number of nitrogens with zero attached hydrogens (tertiary/aromatic N) is 4. The Morgan fingerprint density at radius 2 is 0.808 bits per heavy atom. The molecule has 26 heavy (non-hydrogen) atoms. The summed E-state index contributed by atoms with van der Waals surface area (Å²) in [7, 11) is -1.40. The summed E-state index contributed by atoms with van der Waals surface area (Å²) >= 11 is 0. The molecule has 0 aliphatic rings. The largest absolute Gasteiger partial charge is 1.00 e. The molecule has 0 amide bonds. The molecule has 0 atom stereocenters. The molecule has 0 saturated carbocycles. The fourth-order valence-electron chi connectivity index (χ4n) is 0. The third-order valence-electron chi connectivity index (χ3n) is 0.434. The van der Waals surface area contributed by atoms with E-state index in [-0.39, 0.29) is 126 Å². The molecule has 10 heteroatoms. The summed E-state index contributed by atoms with van der Waals surface area (Å²) in [5, 5.41) is 41.9. The Balaban J connectivity index is -0.00000000564. The van der Waals surface area contributed by atoms with Crippen molar-refractivity contribution in [2.45, 2.75) is 86.5 Å². The third-order valence-corrected chi connectivity index (χ3v) is 1.11. The summed E-state index contributed by atoms with van der Waals surface area (Å²) in [5.74, 6) is 1.14. The second kappa shape index (κ2) is 121. The number of nitriles is 4. The Bertz CT molecular complexity index is 296. The maximum atomic E-state index is 10.2. The molecule has 0 aliphatic heterocycles. The van der Waals surface area contributed by atoms with Gasteiger partial charge in [0.2, 0.25) is 0 Å². The van der Waals surface area contributed by atoms with Gasteiger partial charge in [0, 0.05) is 13.2 Å². The molecule has 0 heterocycles. The van der Waals surface area contributed by atoms with Crippen molar-refractivity contribution in [2.75, 3.05) is 0 Å². The Kier molecular flexibility index (Phi) is 532. The number of rotatable bonds is 0. The zero-order valence-electron chi connectivity index (χ0n) is 10.1. The first-order valence-corrected chi connectivity index (χ1v) is 7.10. The SMILES string of the molecule is C.C.C.C.C.C.C.C.C.C[Si](C)(C)C#N.N#CC#N.N#C[B-]F.OO.[K+]. The molecule has 158 valence electrons. The molecule has 6 nitrogen and oxygen atoms in total. The monoisotopic (exact) mass is 424 g/mol. The normalized spacial score (nSPS) is 3.77. The van der Waals surface area contributed by atoms with Crippen LogP contribution < -0.4 is 51.4 Å². The van der Waals surface area contributed by atoms with Gasteiger partial charge in [0.1, 0.15) is 0 Å². The summed E-state index contributed by atoms with van der Waals surface area (Å²) in [4.78, 5) is 0. The topological polar surface area (TPSA) is 136 Å². The average Bonchev–Trinajstić information content (AvgIpc) is 2.31. The van der Waals surface area contributed by atoms with Crippen LogP contribution >= 0.6 is 0 Å². The molecular formula is C16H47BFKN4O2Si. The molecule has 2 radical (unpaired) electrons. The molecule has 0 rings (SSSR count). The molecule has 2 N–H and O–H groups in total. The van der Waals surface area contributed by atoms with Crippen LogP contribution in [0.3, 0.4) is 0 Å². The number of hydrogen-bond donors (Lipinski definition) is 2. The molecule has 0 aliphatic carbocycles. The minimum atomic E-state index is -1.33. The summed E-state index contributed by atoms with van der Waals surface area (Å²) < 4.78 is 10.2. The van der Waals surface area contributed by atoms with Crippen molar-refractivity contribution in [1.82, 2.24) is 0 Å². The van der Waals surface area contributed by atoms with Gasteiger partial charge in [-0.1, -0.05) is 86.5 Å².